The fraction of sp³-hybridized carbons (Fsp3) is 0.850. The van der Waals surface area contributed by atoms with Crippen LogP contribution in [0.15, 0.2) is 0 Å². The molecule has 5 heteroatoms. The van der Waals surface area contributed by atoms with E-state index in [4.69, 9.17) is 9.47 Å². The van der Waals surface area contributed by atoms with Gasteiger partial charge in [-0.15, -0.1) is 0 Å². The molecule has 140 valence electrons. The van der Waals surface area contributed by atoms with E-state index in [1.165, 1.54) is 0 Å². The van der Waals surface area contributed by atoms with E-state index in [2.05, 4.69) is 0 Å². The van der Waals surface area contributed by atoms with Crippen molar-refractivity contribution >= 4 is 17.3 Å². The third-order valence-corrected chi connectivity index (χ3v) is 6.34. The van der Waals surface area contributed by atoms with E-state index in [1.807, 2.05) is 13.8 Å². The lowest BCUT2D eigenvalue weighted by molar-refractivity contribution is -0.148. The third kappa shape index (κ3) is 4.20. The van der Waals surface area contributed by atoms with Gasteiger partial charge in [-0.25, -0.2) is 0 Å². The minimum Gasteiger partial charge on any atom is -0.348 e. The average Bonchev–Trinajstić information content (AvgIpc) is 3.11. The molecular weight excluding hydrogens is 320 g/mol. The normalized spacial score (nSPS) is 34.3. The van der Waals surface area contributed by atoms with Gasteiger partial charge in [-0.3, -0.25) is 14.4 Å². The van der Waals surface area contributed by atoms with Crippen LogP contribution in [0.3, 0.4) is 0 Å². The first-order valence-corrected chi connectivity index (χ1v) is 9.76. The van der Waals surface area contributed by atoms with Crippen molar-refractivity contribution in [1.82, 2.24) is 0 Å². The first kappa shape index (κ1) is 18.7. The first-order chi connectivity index (χ1) is 11.9. The molecule has 2 aliphatic carbocycles. The molecule has 4 atom stereocenters. The molecule has 1 aliphatic heterocycles. The van der Waals surface area contributed by atoms with Crippen LogP contribution in [0.2, 0.25) is 0 Å². The molecular formula is C20H30O5. The average molecular weight is 350 g/mol. The molecule has 2 saturated carbocycles. The summed E-state index contributed by atoms with van der Waals surface area (Å²) in [5, 5.41) is 0. The van der Waals surface area contributed by atoms with Gasteiger partial charge in [0.2, 0.25) is 0 Å². The smallest absolute Gasteiger partial charge is 0.165 e. The number of hydrogen-bond acceptors (Lipinski definition) is 5. The molecule has 0 aromatic rings. The maximum atomic E-state index is 12.3. The number of ketones is 3. The van der Waals surface area contributed by atoms with Gasteiger partial charge in [-0.2, -0.15) is 0 Å². The quantitative estimate of drug-likeness (QED) is 0.706. The van der Waals surface area contributed by atoms with Gasteiger partial charge in [-0.05, 0) is 38.5 Å². The Labute approximate surface area is 149 Å². The van der Waals surface area contributed by atoms with Crippen LogP contribution in [0.5, 0.6) is 0 Å². The van der Waals surface area contributed by atoms with Crippen molar-refractivity contribution in [3.63, 3.8) is 0 Å². The topological polar surface area (TPSA) is 69.7 Å². The summed E-state index contributed by atoms with van der Waals surface area (Å²) >= 11 is 0. The van der Waals surface area contributed by atoms with E-state index in [1.54, 1.807) is 0 Å². The Morgan fingerprint density at radius 2 is 1.92 bits per heavy atom. The van der Waals surface area contributed by atoms with Gasteiger partial charge in [0.15, 0.2) is 5.79 Å². The standard InChI is InChI=1S/C20H30O5/c1-13-12-17-15(18(22)8-7-16(17)19(13)23)6-5-14(21)4-3-9-20(2)24-10-11-25-20/h13,15-17H,3-12H2,1-2H3/t13-,15?,16?,17-/m1/s1. The van der Waals surface area contributed by atoms with Crippen molar-refractivity contribution in [3.8, 4) is 0 Å². The van der Waals surface area contributed by atoms with Gasteiger partial charge in [0.25, 0.3) is 0 Å². The van der Waals surface area contributed by atoms with E-state index >= 15 is 0 Å². The van der Waals surface area contributed by atoms with E-state index in [0.717, 1.165) is 25.7 Å². The Bertz CT molecular complexity index is 534. The summed E-state index contributed by atoms with van der Waals surface area (Å²) in [6.45, 7) is 5.13. The number of fused-ring (bicyclic) bond motifs is 1. The lowest BCUT2D eigenvalue weighted by Gasteiger charge is -2.31. The maximum absolute atomic E-state index is 12.3. The second-order valence-corrected chi connectivity index (χ2v) is 8.18. The highest BCUT2D eigenvalue weighted by Crippen LogP contribution is 2.46. The zero-order valence-corrected chi connectivity index (χ0v) is 15.4. The molecule has 5 nitrogen and oxygen atoms in total. The van der Waals surface area contributed by atoms with Gasteiger partial charge in [0.05, 0.1) is 13.2 Å². The zero-order chi connectivity index (χ0) is 18.0. The Kier molecular flexibility index (Phi) is 5.74. The highest BCUT2D eigenvalue weighted by Gasteiger charge is 2.48. The molecule has 0 bridgehead atoms. The van der Waals surface area contributed by atoms with Gasteiger partial charge in [0, 0.05) is 43.4 Å². The Hall–Kier alpha value is -1.07. The summed E-state index contributed by atoms with van der Waals surface area (Å²) in [6, 6.07) is 0. The highest BCUT2D eigenvalue weighted by atomic mass is 16.7. The zero-order valence-electron chi connectivity index (χ0n) is 15.4. The summed E-state index contributed by atoms with van der Waals surface area (Å²) in [7, 11) is 0. The summed E-state index contributed by atoms with van der Waals surface area (Å²) in [5.74, 6) is 0.485. The van der Waals surface area contributed by atoms with E-state index in [-0.39, 0.29) is 35.2 Å². The molecule has 1 saturated heterocycles. The number of hydrogen-bond donors (Lipinski definition) is 0. The van der Waals surface area contributed by atoms with Crippen molar-refractivity contribution in [3.05, 3.63) is 0 Å². The summed E-state index contributed by atoms with van der Waals surface area (Å²) < 4.78 is 11.1. The second-order valence-electron chi connectivity index (χ2n) is 8.18. The van der Waals surface area contributed by atoms with Crippen LogP contribution in [-0.2, 0) is 23.9 Å². The SMILES string of the molecule is C[C@@H]1C[C@@H]2C(CCC(=O)CCCC3(C)OCCO3)C(=O)CCC2C1=O. The van der Waals surface area contributed by atoms with Crippen LogP contribution in [-0.4, -0.2) is 36.4 Å². The van der Waals surface area contributed by atoms with Crippen molar-refractivity contribution in [2.24, 2.45) is 23.7 Å². The fourth-order valence-electron chi connectivity index (χ4n) is 4.91. The molecule has 25 heavy (non-hydrogen) atoms. The molecule has 2 unspecified atom stereocenters. The molecule has 1 heterocycles. The van der Waals surface area contributed by atoms with Crippen LogP contribution >= 0.6 is 0 Å². The molecule has 3 fully saturated rings. The van der Waals surface area contributed by atoms with Gasteiger partial charge in [-0.1, -0.05) is 6.92 Å². The lowest BCUT2D eigenvalue weighted by atomic mass is 9.71. The largest absolute Gasteiger partial charge is 0.348 e. The van der Waals surface area contributed by atoms with Gasteiger partial charge in [0.1, 0.15) is 17.3 Å². The fourth-order valence-corrected chi connectivity index (χ4v) is 4.91. The van der Waals surface area contributed by atoms with Gasteiger partial charge < -0.3 is 9.47 Å². The molecule has 0 amide bonds. The lowest BCUT2D eigenvalue weighted by Crippen LogP contribution is -2.34. The number of Topliss-reactive ketones (excluding diaryl/α,β-unsaturated/α-hetero) is 3. The van der Waals surface area contributed by atoms with Gasteiger partial charge >= 0.3 is 0 Å². The number of rotatable bonds is 7. The van der Waals surface area contributed by atoms with Crippen LogP contribution in [0, 0.1) is 23.7 Å². The van der Waals surface area contributed by atoms with Crippen LogP contribution in [0.1, 0.15) is 65.2 Å². The van der Waals surface area contributed by atoms with E-state index < -0.39 is 5.79 Å². The third-order valence-electron chi connectivity index (χ3n) is 6.34. The molecule has 0 aromatic heterocycles. The minimum absolute atomic E-state index is 0.0596. The number of carbonyl (C=O) groups excluding carboxylic acids is 3. The van der Waals surface area contributed by atoms with E-state index in [9.17, 15) is 14.4 Å². The van der Waals surface area contributed by atoms with Crippen LogP contribution in [0.4, 0.5) is 0 Å². The van der Waals surface area contributed by atoms with Crippen molar-refractivity contribution in [2.75, 3.05) is 13.2 Å². The Morgan fingerprint density at radius 3 is 2.64 bits per heavy atom. The van der Waals surface area contributed by atoms with E-state index in [0.29, 0.717) is 44.7 Å². The summed E-state index contributed by atoms with van der Waals surface area (Å²) in [5.41, 5.74) is 0. The van der Waals surface area contributed by atoms with Crippen LogP contribution < -0.4 is 0 Å². The minimum atomic E-state index is -0.535. The first-order valence-electron chi connectivity index (χ1n) is 9.76. The van der Waals surface area contributed by atoms with Crippen LogP contribution in [0.25, 0.3) is 0 Å². The molecule has 0 N–H and O–H groups in total. The van der Waals surface area contributed by atoms with Crippen molar-refractivity contribution in [2.45, 2.75) is 71.0 Å². The predicted molar refractivity (Wildman–Crippen MR) is 91.9 cm³/mol. The molecule has 3 rings (SSSR count). The summed E-state index contributed by atoms with van der Waals surface area (Å²) in [6.07, 6.45) is 5.08. The molecule has 0 radical (unpaired) electrons. The highest BCUT2D eigenvalue weighted by molar-refractivity contribution is 5.91. The number of ether oxygens (including phenoxy) is 2. The maximum Gasteiger partial charge on any atom is 0.165 e. The molecule has 0 spiro atoms. The predicted octanol–water partition coefficient (Wildman–Crippen LogP) is 3.09. The van der Waals surface area contributed by atoms with Crippen molar-refractivity contribution < 1.29 is 23.9 Å². The summed E-state index contributed by atoms with van der Waals surface area (Å²) in [4.78, 5) is 36.8. The number of carbonyl (C=O) groups is 3. The van der Waals surface area contributed by atoms with Crippen molar-refractivity contribution in [1.29, 1.82) is 0 Å². The molecule has 0 aromatic carbocycles. The monoisotopic (exact) mass is 350 g/mol. The Balaban J connectivity index is 1.44. The Morgan fingerprint density at radius 1 is 1.20 bits per heavy atom. The molecule has 3 aliphatic rings. The second kappa shape index (κ2) is 7.67.